The van der Waals surface area contributed by atoms with Gasteiger partial charge in [-0.15, -0.1) is 0 Å². The van der Waals surface area contributed by atoms with Crippen molar-refractivity contribution in [1.82, 2.24) is 0 Å². The minimum absolute atomic E-state index is 0.0441. The van der Waals surface area contributed by atoms with E-state index in [1.165, 1.54) is 19.2 Å². The summed E-state index contributed by atoms with van der Waals surface area (Å²) in [4.78, 5) is 11.6. The smallest absolute Gasteiger partial charge is 0.341 e. The first-order valence-corrected chi connectivity index (χ1v) is 6.84. The number of aromatic hydroxyl groups is 1. The molecule has 0 unspecified atom stereocenters. The number of phenolic OH excluding ortho intramolecular Hbond substituents is 1. The Hall–Kier alpha value is -2.89. The molecule has 1 N–H and O–H groups in total. The van der Waals surface area contributed by atoms with Gasteiger partial charge in [-0.25, -0.2) is 4.79 Å². The zero-order valence-corrected chi connectivity index (χ0v) is 13.2. The number of hydrogen-bond acceptors (Lipinski definition) is 6. The summed E-state index contributed by atoms with van der Waals surface area (Å²) < 4.78 is 20.7. The highest BCUT2D eigenvalue weighted by atomic mass is 16.5. The van der Waals surface area contributed by atoms with Gasteiger partial charge in [0.25, 0.3) is 0 Å². The summed E-state index contributed by atoms with van der Waals surface area (Å²) in [5.74, 6) is 0.978. The maximum absolute atomic E-state index is 11.6. The molecule has 0 aliphatic heterocycles. The molecule has 2 aromatic carbocycles. The molecule has 0 heterocycles. The molecule has 6 heteroatoms. The van der Waals surface area contributed by atoms with Crippen LogP contribution in [-0.2, 0) is 11.3 Å². The summed E-state index contributed by atoms with van der Waals surface area (Å²) >= 11 is 0. The van der Waals surface area contributed by atoms with Crippen molar-refractivity contribution < 1.29 is 28.8 Å². The summed E-state index contributed by atoms with van der Waals surface area (Å²) in [6, 6.07) is 9.75. The third-order valence-electron chi connectivity index (χ3n) is 3.26. The molecule has 0 radical (unpaired) electrons. The second-order valence-electron chi connectivity index (χ2n) is 4.64. The third-order valence-corrected chi connectivity index (χ3v) is 3.26. The molecule has 0 aliphatic carbocycles. The van der Waals surface area contributed by atoms with Crippen LogP contribution in [-0.4, -0.2) is 32.4 Å². The Morgan fingerprint density at radius 2 is 1.74 bits per heavy atom. The van der Waals surface area contributed by atoms with E-state index < -0.39 is 5.97 Å². The van der Waals surface area contributed by atoms with E-state index in [-0.39, 0.29) is 17.9 Å². The normalized spacial score (nSPS) is 10.0. The molecule has 0 bridgehead atoms. The summed E-state index contributed by atoms with van der Waals surface area (Å²) in [5.41, 5.74) is 0.835. The third kappa shape index (κ3) is 3.85. The lowest BCUT2D eigenvalue weighted by molar-refractivity contribution is 0.0597. The number of ether oxygens (including phenoxy) is 4. The van der Waals surface area contributed by atoms with E-state index in [0.717, 1.165) is 5.56 Å². The van der Waals surface area contributed by atoms with Gasteiger partial charge >= 0.3 is 5.97 Å². The van der Waals surface area contributed by atoms with Crippen LogP contribution in [0.4, 0.5) is 0 Å². The number of carbonyl (C=O) groups excluding carboxylic acids is 1. The van der Waals surface area contributed by atoms with E-state index in [9.17, 15) is 9.90 Å². The number of esters is 1. The van der Waals surface area contributed by atoms with Crippen molar-refractivity contribution in [3.05, 3.63) is 47.5 Å². The van der Waals surface area contributed by atoms with Gasteiger partial charge in [0.15, 0.2) is 0 Å². The average Bonchev–Trinajstić information content (AvgIpc) is 2.59. The molecule has 0 saturated carbocycles. The first kappa shape index (κ1) is 16.5. The maximum atomic E-state index is 11.6. The monoisotopic (exact) mass is 318 g/mol. The minimum Gasteiger partial charge on any atom is -0.507 e. The lowest BCUT2D eigenvalue weighted by Crippen LogP contribution is -2.03. The molecule has 0 spiro atoms. The van der Waals surface area contributed by atoms with Crippen LogP contribution in [0.2, 0.25) is 0 Å². The Labute approximate surface area is 134 Å². The van der Waals surface area contributed by atoms with Crippen molar-refractivity contribution in [2.24, 2.45) is 0 Å². The zero-order chi connectivity index (χ0) is 16.8. The van der Waals surface area contributed by atoms with E-state index in [1.54, 1.807) is 38.5 Å². The fourth-order valence-electron chi connectivity index (χ4n) is 2.03. The van der Waals surface area contributed by atoms with Crippen molar-refractivity contribution in [2.75, 3.05) is 21.3 Å². The molecule has 122 valence electrons. The fourth-order valence-corrected chi connectivity index (χ4v) is 2.03. The second kappa shape index (κ2) is 7.40. The fraction of sp³-hybridized carbons (Fsp3) is 0.235. The van der Waals surface area contributed by atoms with Crippen LogP contribution in [0.3, 0.4) is 0 Å². The molecular weight excluding hydrogens is 300 g/mol. The minimum atomic E-state index is -0.632. The Balaban J connectivity index is 2.19. The van der Waals surface area contributed by atoms with Gasteiger partial charge in [-0.05, 0) is 36.4 Å². The Morgan fingerprint density at radius 1 is 1.00 bits per heavy atom. The predicted octanol–water partition coefficient (Wildman–Crippen LogP) is 2.78. The van der Waals surface area contributed by atoms with E-state index in [4.69, 9.17) is 14.2 Å². The number of rotatable bonds is 6. The van der Waals surface area contributed by atoms with Crippen molar-refractivity contribution >= 4 is 5.97 Å². The highest BCUT2D eigenvalue weighted by molar-refractivity contribution is 5.92. The van der Waals surface area contributed by atoms with Crippen molar-refractivity contribution in [2.45, 2.75) is 6.61 Å². The Kier molecular flexibility index (Phi) is 5.30. The summed E-state index contributed by atoms with van der Waals surface area (Å²) in [7, 11) is 4.40. The average molecular weight is 318 g/mol. The van der Waals surface area contributed by atoms with Crippen LogP contribution in [0.15, 0.2) is 36.4 Å². The van der Waals surface area contributed by atoms with Gasteiger partial charge in [0.2, 0.25) is 0 Å². The van der Waals surface area contributed by atoms with Gasteiger partial charge in [0, 0.05) is 5.56 Å². The molecule has 0 saturated heterocycles. The van der Waals surface area contributed by atoms with Crippen molar-refractivity contribution in [3.63, 3.8) is 0 Å². The highest BCUT2D eigenvalue weighted by Crippen LogP contribution is 2.27. The Bertz CT molecular complexity index is 695. The molecule has 0 fully saturated rings. The van der Waals surface area contributed by atoms with Gasteiger partial charge in [-0.1, -0.05) is 0 Å². The molecular formula is C17H18O6. The summed E-state index contributed by atoms with van der Waals surface area (Å²) in [6.07, 6.45) is 0. The quantitative estimate of drug-likeness (QED) is 0.826. The predicted molar refractivity (Wildman–Crippen MR) is 83.3 cm³/mol. The van der Waals surface area contributed by atoms with E-state index >= 15 is 0 Å². The summed E-state index contributed by atoms with van der Waals surface area (Å²) in [6.45, 7) is 0.214. The number of benzene rings is 2. The van der Waals surface area contributed by atoms with E-state index in [2.05, 4.69) is 4.74 Å². The van der Waals surface area contributed by atoms with Gasteiger partial charge < -0.3 is 24.1 Å². The zero-order valence-electron chi connectivity index (χ0n) is 13.2. The van der Waals surface area contributed by atoms with Crippen LogP contribution in [0, 0.1) is 0 Å². The van der Waals surface area contributed by atoms with Crippen molar-refractivity contribution in [3.8, 4) is 23.0 Å². The SMILES string of the molecule is COC(=O)c1cc(OCc2cc(OC)ccc2OC)ccc1O. The van der Waals surface area contributed by atoms with E-state index in [1.807, 2.05) is 0 Å². The lowest BCUT2D eigenvalue weighted by Gasteiger charge is -2.12. The van der Waals surface area contributed by atoms with Gasteiger partial charge in [-0.3, -0.25) is 0 Å². The molecule has 0 aromatic heterocycles. The molecule has 23 heavy (non-hydrogen) atoms. The molecule has 0 amide bonds. The number of carbonyl (C=O) groups is 1. The first-order valence-electron chi connectivity index (χ1n) is 6.84. The Morgan fingerprint density at radius 3 is 2.39 bits per heavy atom. The van der Waals surface area contributed by atoms with Crippen LogP contribution in [0.5, 0.6) is 23.0 Å². The number of phenols is 1. The largest absolute Gasteiger partial charge is 0.507 e. The summed E-state index contributed by atoms with van der Waals surface area (Å²) in [5, 5.41) is 9.68. The van der Waals surface area contributed by atoms with Crippen LogP contribution in [0.1, 0.15) is 15.9 Å². The highest BCUT2D eigenvalue weighted by Gasteiger charge is 2.13. The first-order chi connectivity index (χ1) is 11.1. The van der Waals surface area contributed by atoms with Crippen LogP contribution < -0.4 is 14.2 Å². The van der Waals surface area contributed by atoms with E-state index in [0.29, 0.717) is 17.2 Å². The number of methoxy groups -OCH3 is 3. The molecule has 2 aromatic rings. The molecule has 2 rings (SSSR count). The van der Waals surface area contributed by atoms with Gasteiger partial charge in [0.1, 0.15) is 35.2 Å². The molecule has 0 atom stereocenters. The molecule has 6 nitrogen and oxygen atoms in total. The standard InChI is InChI=1S/C17H18O6/c1-20-12-5-7-16(21-2)11(8-12)10-23-13-4-6-15(18)14(9-13)17(19)22-3/h4-9,18H,10H2,1-3H3. The van der Waals surface area contributed by atoms with Crippen LogP contribution >= 0.6 is 0 Å². The van der Waals surface area contributed by atoms with Gasteiger partial charge in [0.05, 0.1) is 21.3 Å². The van der Waals surface area contributed by atoms with Gasteiger partial charge in [-0.2, -0.15) is 0 Å². The molecule has 0 aliphatic rings. The maximum Gasteiger partial charge on any atom is 0.341 e. The van der Waals surface area contributed by atoms with Crippen molar-refractivity contribution in [1.29, 1.82) is 0 Å². The topological polar surface area (TPSA) is 74.2 Å². The lowest BCUT2D eigenvalue weighted by atomic mass is 10.2. The van der Waals surface area contributed by atoms with Crippen LogP contribution in [0.25, 0.3) is 0 Å². The second-order valence-corrected chi connectivity index (χ2v) is 4.64. The number of hydrogen-bond donors (Lipinski definition) is 1.